The first-order chi connectivity index (χ1) is 10.6. The molecule has 5 nitrogen and oxygen atoms in total. The molecule has 0 atom stereocenters. The van der Waals surface area contributed by atoms with Gasteiger partial charge in [-0.1, -0.05) is 23.8 Å². The van der Waals surface area contributed by atoms with Crippen LogP contribution in [0.15, 0.2) is 48.7 Å². The molecule has 110 valence electrons. The average Bonchev–Trinajstić information content (AvgIpc) is 2.93. The van der Waals surface area contributed by atoms with Gasteiger partial charge in [0.1, 0.15) is 5.69 Å². The summed E-state index contributed by atoms with van der Waals surface area (Å²) in [6.07, 6.45) is 1.66. The molecule has 0 saturated carbocycles. The van der Waals surface area contributed by atoms with Crippen molar-refractivity contribution >= 4 is 5.97 Å². The first-order valence-electron chi connectivity index (χ1n) is 6.88. The van der Waals surface area contributed by atoms with Crippen LogP contribution in [0.4, 0.5) is 0 Å². The number of aryl methyl sites for hydroxylation is 2. The number of carboxylic acids is 1. The highest BCUT2D eigenvalue weighted by molar-refractivity contribution is 5.88. The van der Waals surface area contributed by atoms with Gasteiger partial charge >= 0.3 is 5.97 Å². The van der Waals surface area contributed by atoms with E-state index in [0.29, 0.717) is 11.4 Å². The molecule has 0 aliphatic carbocycles. The van der Waals surface area contributed by atoms with Crippen LogP contribution in [0, 0.1) is 13.8 Å². The number of nitrogens with zero attached hydrogens (tertiary/aromatic N) is 3. The van der Waals surface area contributed by atoms with Crippen LogP contribution in [0.5, 0.6) is 0 Å². The summed E-state index contributed by atoms with van der Waals surface area (Å²) in [7, 11) is 0. The molecule has 0 aliphatic rings. The summed E-state index contributed by atoms with van der Waals surface area (Å²) in [5, 5.41) is 13.9. The summed E-state index contributed by atoms with van der Waals surface area (Å²) < 4.78 is 1.46. The van der Waals surface area contributed by atoms with Gasteiger partial charge < -0.3 is 5.11 Å². The van der Waals surface area contributed by atoms with Crippen LogP contribution in [0.1, 0.15) is 21.6 Å². The molecule has 22 heavy (non-hydrogen) atoms. The molecule has 0 spiro atoms. The highest BCUT2D eigenvalue weighted by Gasteiger charge is 2.18. The zero-order chi connectivity index (χ0) is 15.7. The molecule has 0 fully saturated rings. The van der Waals surface area contributed by atoms with E-state index in [2.05, 4.69) is 10.1 Å². The Labute approximate surface area is 127 Å². The molecule has 3 rings (SSSR count). The van der Waals surface area contributed by atoms with E-state index in [4.69, 9.17) is 0 Å². The first-order valence-corrected chi connectivity index (χ1v) is 6.88. The maximum absolute atomic E-state index is 11.5. The van der Waals surface area contributed by atoms with Gasteiger partial charge in [-0.05, 0) is 37.6 Å². The van der Waals surface area contributed by atoms with Crippen molar-refractivity contribution in [2.75, 3.05) is 0 Å². The Bertz CT molecular complexity index is 838. The van der Waals surface area contributed by atoms with Gasteiger partial charge in [0.25, 0.3) is 0 Å². The Balaban J connectivity index is 2.18. The third kappa shape index (κ3) is 2.48. The molecule has 2 aromatic heterocycles. The maximum Gasteiger partial charge on any atom is 0.354 e. The first kappa shape index (κ1) is 14.0. The second-order valence-corrected chi connectivity index (χ2v) is 5.14. The molecule has 0 radical (unpaired) electrons. The molecular weight excluding hydrogens is 278 g/mol. The average molecular weight is 293 g/mol. The summed E-state index contributed by atoms with van der Waals surface area (Å²) in [5.41, 5.74) is 4.15. The smallest absolute Gasteiger partial charge is 0.354 e. The minimum Gasteiger partial charge on any atom is -0.477 e. The van der Waals surface area contributed by atoms with Gasteiger partial charge in [0.05, 0.1) is 11.4 Å². The van der Waals surface area contributed by atoms with Gasteiger partial charge in [-0.3, -0.25) is 4.98 Å². The Kier molecular flexibility index (Phi) is 3.47. The quantitative estimate of drug-likeness (QED) is 0.805. The predicted molar refractivity (Wildman–Crippen MR) is 83.2 cm³/mol. The number of hydrogen-bond donors (Lipinski definition) is 1. The van der Waals surface area contributed by atoms with E-state index in [1.807, 2.05) is 44.2 Å². The molecule has 2 heterocycles. The minimum absolute atomic E-state index is 0.118. The van der Waals surface area contributed by atoms with E-state index in [1.165, 1.54) is 4.68 Å². The molecular formula is C17H15N3O2. The summed E-state index contributed by atoms with van der Waals surface area (Å²) in [6.45, 7) is 3.94. The van der Waals surface area contributed by atoms with E-state index < -0.39 is 5.97 Å². The maximum atomic E-state index is 11.5. The number of hydrogen-bond acceptors (Lipinski definition) is 3. The van der Waals surface area contributed by atoms with Gasteiger partial charge in [0.2, 0.25) is 0 Å². The zero-order valence-corrected chi connectivity index (χ0v) is 12.3. The van der Waals surface area contributed by atoms with Crippen LogP contribution in [-0.4, -0.2) is 25.8 Å². The van der Waals surface area contributed by atoms with E-state index in [9.17, 15) is 9.90 Å². The largest absolute Gasteiger partial charge is 0.477 e. The molecule has 3 aromatic rings. The van der Waals surface area contributed by atoms with Crippen LogP contribution in [0.2, 0.25) is 0 Å². The number of rotatable bonds is 3. The molecule has 0 saturated heterocycles. The van der Waals surface area contributed by atoms with E-state index in [0.717, 1.165) is 16.8 Å². The van der Waals surface area contributed by atoms with Crippen molar-refractivity contribution in [3.8, 4) is 17.1 Å². The standard InChI is InChI=1S/C17H15N3O2/c1-11-6-7-15(12(2)9-11)20-16(17(21)22)10-14(19-20)13-5-3-4-8-18-13/h3-10H,1-2H3,(H,21,22). The van der Waals surface area contributed by atoms with Gasteiger partial charge in [0, 0.05) is 12.3 Å². The fourth-order valence-electron chi connectivity index (χ4n) is 2.40. The monoisotopic (exact) mass is 293 g/mol. The number of carboxylic acid groups (broad SMARTS) is 1. The third-order valence-electron chi connectivity index (χ3n) is 3.44. The Hall–Kier alpha value is -2.95. The lowest BCUT2D eigenvalue weighted by molar-refractivity contribution is 0.0687. The predicted octanol–water partition coefficient (Wildman–Crippen LogP) is 3.25. The number of pyridine rings is 1. The van der Waals surface area contributed by atoms with Crippen LogP contribution in [-0.2, 0) is 0 Å². The van der Waals surface area contributed by atoms with Crippen LogP contribution in [0.3, 0.4) is 0 Å². The molecule has 1 aromatic carbocycles. The fraction of sp³-hybridized carbons (Fsp3) is 0.118. The number of carbonyl (C=O) groups is 1. The van der Waals surface area contributed by atoms with Crippen molar-refractivity contribution in [2.45, 2.75) is 13.8 Å². The van der Waals surface area contributed by atoms with E-state index in [1.54, 1.807) is 18.3 Å². The van der Waals surface area contributed by atoms with E-state index in [-0.39, 0.29) is 5.69 Å². The van der Waals surface area contributed by atoms with Gasteiger partial charge in [-0.15, -0.1) is 0 Å². The normalized spacial score (nSPS) is 10.6. The Morgan fingerprint density at radius 2 is 1.91 bits per heavy atom. The van der Waals surface area contributed by atoms with Gasteiger partial charge in [0.15, 0.2) is 5.69 Å². The summed E-state index contributed by atoms with van der Waals surface area (Å²) >= 11 is 0. The van der Waals surface area contributed by atoms with Crippen molar-refractivity contribution < 1.29 is 9.90 Å². The van der Waals surface area contributed by atoms with Crippen LogP contribution in [0.25, 0.3) is 17.1 Å². The second kappa shape index (κ2) is 5.44. The van der Waals surface area contributed by atoms with E-state index >= 15 is 0 Å². The van der Waals surface area contributed by atoms with Crippen molar-refractivity contribution in [3.05, 3.63) is 65.5 Å². The van der Waals surface area contributed by atoms with Crippen molar-refractivity contribution in [1.29, 1.82) is 0 Å². The number of aromatic carboxylic acids is 1. The Morgan fingerprint density at radius 1 is 1.09 bits per heavy atom. The molecule has 0 aliphatic heterocycles. The number of benzene rings is 1. The van der Waals surface area contributed by atoms with Crippen LogP contribution >= 0.6 is 0 Å². The second-order valence-electron chi connectivity index (χ2n) is 5.14. The highest BCUT2D eigenvalue weighted by Crippen LogP contribution is 2.22. The third-order valence-corrected chi connectivity index (χ3v) is 3.44. The summed E-state index contributed by atoms with van der Waals surface area (Å²) in [4.78, 5) is 15.8. The van der Waals surface area contributed by atoms with Crippen molar-refractivity contribution in [1.82, 2.24) is 14.8 Å². The van der Waals surface area contributed by atoms with Gasteiger partial charge in [-0.25, -0.2) is 9.48 Å². The number of aromatic nitrogens is 3. The Morgan fingerprint density at radius 3 is 2.55 bits per heavy atom. The van der Waals surface area contributed by atoms with Crippen LogP contribution < -0.4 is 0 Å². The lowest BCUT2D eigenvalue weighted by atomic mass is 10.1. The molecule has 0 bridgehead atoms. The molecule has 5 heteroatoms. The van der Waals surface area contributed by atoms with Crippen molar-refractivity contribution in [2.24, 2.45) is 0 Å². The SMILES string of the molecule is Cc1ccc(-n2nc(-c3ccccn3)cc2C(=O)O)c(C)c1. The summed E-state index contributed by atoms with van der Waals surface area (Å²) in [5.74, 6) is -1.02. The molecule has 0 unspecified atom stereocenters. The summed E-state index contributed by atoms with van der Waals surface area (Å²) in [6, 6.07) is 12.8. The molecule has 0 amide bonds. The fourth-order valence-corrected chi connectivity index (χ4v) is 2.40. The van der Waals surface area contributed by atoms with Gasteiger partial charge in [-0.2, -0.15) is 5.10 Å². The van der Waals surface area contributed by atoms with Crippen molar-refractivity contribution in [3.63, 3.8) is 0 Å². The molecule has 1 N–H and O–H groups in total. The zero-order valence-electron chi connectivity index (χ0n) is 12.3. The lowest BCUT2D eigenvalue weighted by Gasteiger charge is -2.08. The lowest BCUT2D eigenvalue weighted by Crippen LogP contribution is -2.09. The minimum atomic E-state index is -1.02. The highest BCUT2D eigenvalue weighted by atomic mass is 16.4. The topological polar surface area (TPSA) is 68.0 Å².